The van der Waals surface area contributed by atoms with E-state index in [1.165, 1.54) is 29.8 Å². The normalized spacial score (nSPS) is 13.3. The van der Waals surface area contributed by atoms with Crippen molar-refractivity contribution in [1.82, 2.24) is 15.0 Å². The number of nitrogens with one attached hydrogen (secondary N) is 1. The SMILES string of the molecule is CC(OC(C)S(=O)(=O)C(C)C)c1nc(-c2ccc3ncnc(Nc4ccc(OCc5cccc(F)c5)c(Br)c4)c3c2)cs1. The first kappa shape index (κ1) is 31.0. The van der Waals surface area contributed by atoms with E-state index in [0.29, 0.717) is 16.6 Å². The third-order valence-electron chi connectivity index (χ3n) is 6.79. The van der Waals surface area contributed by atoms with Crippen LogP contribution in [0.5, 0.6) is 5.75 Å². The lowest BCUT2D eigenvalue weighted by atomic mass is 10.1. The van der Waals surface area contributed by atoms with Crippen molar-refractivity contribution in [2.24, 2.45) is 0 Å². The summed E-state index contributed by atoms with van der Waals surface area (Å²) in [5.74, 6) is 0.938. The van der Waals surface area contributed by atoms with E-state index in [1.807, 2.05) is 47.8 Å². The smallest absolute Gasteiger partial charge is 0.179 e. The summed E-state index contributed by atoms with van der Waals surface area (Å²) in [6.07, 6.45) is 1.02. The van der Waals surface area contributed by atoms with E-state index >= 15 is 0 Å². The van der Waals surface area contributed by atoms with Gasteiger partial charge in [-0.3, -0.25) is 0 Å². The van der Waals surface area contributed by atoms with Gasteiger partial charge >= 0.3 is 0 Å². The van der Waals surface area contributed by atoms with E-state index < -0.39 is 26.6 Å². The minimum Gasteiger partial charge on any atom is -0.488 e. The zero-order valence-electron chi connectivity index (χ0n) is 23.9. The number of benzene rings is 3. The molecule has 5 rings (SSSR count). The van der Waals surface area contributed by atoms with Crippen LogP contribution < -0.4 is 10.1 Å². The van der Waals surface area contributed by atoms with Crippen molar-refractivity contribution in [2.75, 3.05) is 5.32 Å². The zero-order chi connectivity index (χ0) is 30.7. The highest BCUT2D eigenvalue weighted by atomic mass is 79.9. The Morgan fingerprint density at radius 3 is 2.58 bits per heavy atom. The number of ether oxygens (including phenoxy) is 2. The Labute approximate surface area is 262 Å². The highest BCUT2D eigenvalue weighted by Gasteiger charge is 2.28. The van der Waals surface area contributed by atoms with E-state index in [2.05, 4.69) is 31.2 Å². The van der Waals surface area contributed by atoms with Crippen LogP contribution in [0.15, 0.2) is 76.8 Å². The molecule has 0 radical (unpaired) electrons. The molecule has 0 spiro atoms. The molecular weight excluding hydrogens is 655 g/mol. The molecule has 8 nitrogen and oxygen atoms in total. The number of hydrogen-bond acceptors (Lipinski definition) is 9. The fraction of sp³-hybridized carbons (Fsp3) is 0.258. The molecule has 0 fully saturated rings. The van der Waals surface area contributed by atoms with Crippen molar-refractivity contribution in [3.63, 3.8) is 0 Å². The number of hydrogen-bond donors (Lipinski definition) is 1. The van der Waals surface area contributed by atoms with Crippen LogP contribution in [-0.4, -0.2) is 34.1 Å². The molecular formula is C31H30BrFN4O4S2. The molecule has 1 N–H and O–H groups in total. The summed E-state index contributed by atoms with van der Waals surface area (Å²) in [6.45, 7) is 6.90. The van der Waals surface area contributed by atoms with Crippen LogP contribution in [0.2, 0.25) is 0 Å². The van der Waals surface area contributed by atoms with E-state index in [-0.39, 0.29) is 12.4 Å². The minimum atomic E-state index is -3.39. The Hall–Kier alpha value is -3.45. The average Bonchev–Trinajstić information content (AvgIpc) is 3.47. The van der Waals surface area contributed by atoms with Crippen molar-refractivity contribution in [1.29, 1.82) is 0 Å². The quantitative estimate of drug-likeness (QED) is 0.148. The minimum absolute atomic E-state index is 0.238. The molecule has 0 aliphatic carbocycles. The Morgan fingerprint density at radius 1 is 1.02 bits per heavy atom. The molecule has 224 valence electrons. The van der Waals surface area contributed by atoms with Gasteiger partial charge in [-0.05, 0) is 91.7 Å². The molecule has 0 aliphatic heterocycles. The molecule has 0 bridgehead atoms. The maximum Gasteiger partial charge on any atom is 0.179 e. The maximum atomic E-state index is 13.5. The van der Waals surface area contributed by atoms with Gasteiger partial charge in [-0.1, -0.05) is 18.2 Å². The van der Waals surface area contributed by atoms with Gasteiger partial charge in [0.15, 0.2) is 15.3 Å². The molecule has 3 aromatic carbocycles. The number of aromatic nitrogens is 3. The monoisotopic (exact) mass is 684 g/mol. The molecule has 2 aromatic heterocycles. The van der Waals surface area contributed by atoms with Gasteiger partial charge in [0, 0.05) is 22.0 Å². The maximum absolute atomic E-state index is 13.5. The van der Waals surface area contributed by atoms with Gasteiger partial charge < -0.3 is 14.8 Å². The van der Waals surface area contributed by atoms with E-state index in [1.54, 1.807) is 33.8 Å². The molecule has 2 heterocycles. The summed E-state index contributed by atoms with van der Waals surface area (Å²) in [5, 5.41) is 6.25. The molecule has 0 saturated carbocycles. The molecule has 12 heteroatoms. The lowest BCUT2D eigenvalue weighted by Gasteiger charge is -2.19. The van der Waals surface area contributed by atoms with Crippen molar-refractivity contribution in [3.05, 3.63) is 93.2 Å². The molecule has 0 aliphatic rings. The van der Waals surface area contributed by atoms with Gasteiger partial charge in [0.25, 0.3) is 0 Å². The van der Waals surface area contributed by atoms with Crippen LogP contribution in [0.25, 0.3) is 22.2 Å². The summed E-state index contributed by atoms with van der Waals surface area (Å²) < 4.78 is 50.8. The Morgan fingerprint density at radius 2 is 1.84 bits per heavy atom. The van der Waals surface area contributed by atoms with Crippen LogP contribution in [0.4, 0.5) is 15.9 Å². The Kier molecular flexibility index (Phi) is 9.40. The standard InChI is InChI=1S/C31H30BrFN4O4S2/c1-18(2)43(38,39)20(4)41-19(3)31-37-28(16-42-31)22-8-10-27-25(13-22)30(35-17-34-27)36-24-9-11-29(26(32)14-24)40-15-21-6-5-7-23(33)12-21/h5-14,16-20H,15H2,1-4H3,(H,34,35,36). The number of anilines is 2. The molecule has 5 aromatic rings. The highest BCUT2D eigenvalue weighted by Crippen LogP contribution is 2.34. The second-order valence-electron chi connectivity index (χ2n) is 10.2. The molecule has 2 atom stereocenters. The third kappa shape index (κ3) is 7.20. The predicted molar refractivity (Wildman–Crippen MR) is 172 cm³/mol. The topological polar surface area (TPSA) is 103 Å². The summed E-state index contributed by atoms with van der Waals surface area (Å²) in [4.78, 5) is 13.6. The summed E-state index contributed by atoms with van der Waals surface area (Å²) in [5.41, 5.74) is 2.95. The van der Waals surface area contributed by atoms with Gasteiger partial charge in [0.2, 0.25) is 0 Å². The highest BCUT2D eigenvalue weighted by molar-refractivity contribution is 9.10. The summed E-state index contributed by atoms with van der Waals surface area (Å²) >= 11 is 4.98. The van der Waals surface area contributed by atoms with Crippen molar-refractivity contribution >= 4 is 59.5 Å². The molecule has 43 heavy (non-hydrogen) atoms. The lowest BCUT2D eigenvalue weighted by Crippen LogP contribution is -2.29. The van der Waals surface area contributed by atoms with E-state index in [9.17, 15) is 12.8 Å². The van der Waals surface area contributed by atoms with Crippen molar-refractivity contribution < 1.29 is 22.3 Å². The lowest BCUT2D eigenvalue weighted by molar-refractivity contribution is 0.0499. The van der Waals surface area contributed by atoms with E-state index in [0.717, 1.165) is 37.9 Å². The number of rotatable bonds is 11. The summed E-state index contributed by atoms with van der Waals surface area (Å²) in [6, 6.07) is 17.7. The average molecular weight is 686 g/mol. The molecule has 0 saturated heterocycles. The van der Waals surface area contributed by atoms with Crippen LogP contribution >= 0.6 is 27.3 Å². The fourth-order valence-corrected chi connectivity index (χ4v) is 6.75. The molecule has 0 amide bonds. The van der Waals surface area contributed by atoms with Crippen LogP contribution in [0.1, 0.15) is 44.4 Å². The number of nitrogens with zero attached hydrogens (tertiary/aromatic N) is 3. The van der Waals surface area contributed by atoms with Crippen LogP contribution in [0, 0.1) is 5.82 Å². The first-order valence-corrected chi connectivity index (χ1v) is 16.8. The van der Waals surface area contributed by atoms with Crippen molar-refractivity contribution in [3.8, 4) is 17.0 Å². The van der Waals surface area contributed by atoms with Gasteiger partial charge in [0.1, 0.15) is 41.4 Å². The van der Waals surface area contributed by atoms with Gasteiger partial charge in [-0.25, -0.2) is 27.8 Å². The largest absolute Gasteiger partial charge is 0.488 e. The first-order chi connectivity index (χ1) is 20.5. The second-order valence-corrected chi connectivity index (χ2v) is 14.7. The predicted octanol–water partition coefficient (Wildman–Crippen LogP) is 8.22. The first-order valence-electron chi connectivity index (χ1n) is 13.5. The van der Waals surface area contributed by atoms with Gasteiger partial charge in [-0.2, -0.15) is 0 Å². The zero-order valence-corrected chi connectivity index (χ0v) is 27.1. The number of halogens is 2. The number of sulfone groups is 1. The molecule has 2 unspecified atom stereocenters. The van der Waals surface area contributed by atoms with Gasteiger partial charge in [0.05, 0.1) is 20.9 Å². The Balaban J connectivity index is 1.33. The fourth-order valence-electron chi connectivity index (χ4n) is 4.35. The van der Waals surface area contributed by atoms with Gasteiger partial charge in [-0.15, -0.1) is 11.3 Å². The summed E-state index contributed by atoms with van der Waals surface area (Å²) in [7, 11) is -3.39. The van der Waals surface area contributed by atoms with E-state index in [4.69, 9.17) is 14.5 Å². The van der Waals surface area contributed by atoms with Crippen LogP contribution in [0.3, 0.4) is 0 Å². The van der Waals surface area contributed by atoms with Crippen LogP contribution in [-0.2, 0) is 21.2 Å². The van der Waals surface area contributed by atoms with Crippen molar-refractivity contribution in [2.45, 2.75) is 51.1 Å². The third-order valence-corrected chi connectivity index (χ3v) is 10.8. The second kappa shape index (κ2) is 13.0. The Bertz CT molecular complexity index is 1870. The number of thiazole rings is 1. The number of fused-ring (bicyclic) bond motifs is 1.